The molecule has 0 aromatic carbocycles. The van der Waals surface area contributed by atoms with Crippen molar-refractivity contribution >= 4 is 19.7 Å². The van der Waals surface area contributed by atoms with Crippen molar-refractivity contribution in [2.75, 3.05) is 47.8 Å². The van der Waals surface area contributed by atoms with Gasteiger partial charge in [0.2, 0.25) is 0 Å². The fourth-order valence-corrected chi connectivity index (χ4v) is 9.85. The molecule has 0 spiro atoms. The quantitative estimate of drug-likeness (QED) is 0.0748. The van der Waals surface area contributed by atoms with Gasteiger partial charge in [0.25, 0.3) is 0 Å². The SMILES string of the molecule is CCCCCC([N+](C)(C)CCCCC)(S(=O)(=O)C(F)(F)F)S(=O)(=O)C(F)(F)F.CCCCCCC[N+](C)(C)CCCC. The predicted octanol–water partition coefficient (Wildman–Crippen LogP) is 8.19. The van der Waals surface area contributed by atoms with Crippen LogP contribution in [0.2, 0.25) is 0 Å². The number of rotatable bonds is 20. The van der Waals surface area contributed by atoms with Crippen LogP contribution in [-0.4, -0.2) is 88.8 Å². The molecular weight excluding hydrogens is 606 g/mol. The smallest absolute Gasteiger partial charge is 0.328 e. The van der Waals surface area contributed by atoms with Crippen LogP contribution in [0.15, 0.2) is 0 Å². The molecule has 0 aliphatic carbocycles. The minimum Gasteiger partial charge on any atom is -0.328 e. The molecule has 0 aromatic rings. The van der Waals surface area contributed by atoms with Crippen molar-refractivity contribution in [2.24, 2.45) is 0 Å². The molecule has 42 heavy (non-hydrogen) atoms. The van der Waals surface area contributed by atoms with Gasteiger partial charge in [-0.05, 0) is 38.5 Å². The lowest BCUT2D eigenvalue weighted by Crippen LogP contribution is -2.72. The highest BCUT2D eigenvalue weighted by Gasteiger charge is 2.79. The van der Waals surface area contributed by atoms with Crippen LogP contribution in [0.5, 0.6) is 0 Å². The van der Waals surface area contributed by atoms with E-state index in [1.165, 1.54) is 62.5 Å². The summed E-state index contributed by atoms with van der Waals surface area (Å²) in [7, 11) is -7.16. The van der Waals surface area contributed by atoms with Crippen molar-refractivity contribution in [3.8, 4) is 0 Å². The van der Waals surface area contributed by atoms with Crippen LogP contribution in [0.25, 0.3) is 0 Å². The Morgan fingerprint density at radius 1 is 0.476 bits per heavy atom. The van der Waals surface area contributed by atoms with Crippen LogP contribution >= 0.6 is 0 Å². The Balaban J connectivity index is 0. The molecular formula is C28H58F6N2O4S2+2. The molecule has 0 aliphatic rings. The van der Waals surface area contributed by atoms with Crippen LogP contribution < -0.4 is 0 Å². The molecule has 0 aromatic heterocycles. The van der Waals surface area contributed by atoms with E-state index in [2.05, 4.69) is 27.9 Å². The first-order valence-corrected chi connectivity index (χ1v) is 18.2. The molecule has 0 radical (unpaired) electrons. The topological polar surface area (TPSA) is 68.3 Å². The molecule has 0 heterocycles. The van der Waals surface area contributed by atoms with Gasteiger partial charge in [-0.25, -0.2) is 16.8 Å². The standard InChI is InChI=1S/C15H28F6NO4S2.C13H30N/c1-5-7-9-11-13(27(23,24)14(16,17)18,28(25,26)15(19,20)21)22(3,4)12-10-8-6-2;1-5-7-9-10-11-13-14(3,4)12-8-6-2/h5-12H2,1-4H3;5-13H2,1-4H3/q2*+1. The summed E-state index contributed by atoms with van der Waals surface area (Å²) < 4.78 is 126. The maximum Gasteiger partial charge on any atom is 0.504 e. The zero-order valence-electron chi connectivity index (χ0n) is 27.1. The van der Waals surface area contributed by atoms with Crippen LogP contribution in [0.4, 0.5) is 26.3 Å². The first-order chi connectivity index (χ1) is 19.0. The van der Waals surface area contributed by atoms with Crippen molar-refractivity contribution in [3.05, 3.63) is 0 Å². The maximum absolute atomic E-state index is 13.4. The summed E-state index contributed by atoms with van der Waals surface area (Å²) in [5.41, 5.74) is -12.3. The van der Waals surface area contributed by atoms with Crippen LogP contribution in [0, 0.1) is 0 Å². The summed E-state index contributed by atoms with van der Waals surface area (Å²) in [6, 6.07) is 0. The Hall–Kier alpha value is -0.600. The Morgan fingerprint density at radius 2 is 0.810 bits per heavy atom. The van der Waals surface area contributed by atoms with Gasteiger partial charge in [-0.1, -0.05) is 72.6 Å². The minimum absolute atomic E-state index is 0.0692. The Bertz CT molecular complexity index is 904. The van der Waals surface area contributed by atoms with Crippen molar-refractivity contribution < 1.29 is 52.1 Å². The van der Waals surface area contributed by atoms with Gasteiger partial charge < -0.3 is 4.48 Å². The molecule has 0 rings (SSSR count). The van der Waals surface area contributed by atoms with Crippen molar-refractivity contribution in [1.82, 2.24) is 0 Å². The average molecular weight is 665 g/mol. The number of alkyl halides is 6. The van der Waals surface area contributed by atoms with E-state index in [1.54, 1.807) is 13.8 Å². The largest absolute Gasteiger partial charge is 0.504 e. The van der Waals surface area contributed by atoms with Gasteiger partial charge in [-0.15, -0.1) is 0 Å². The van der Waals surface area contributed by atoms with E-state index in [4.69, 9.17) is 0 Å². The molecule has 0 amide bonds. The molecule has 256 valence electrons. The van der Waals surface area contributed by atoms with E-state index in [0.29, 0.717) is 19.3 Å². The monoisotopic (exact) mass is 664 g/mol. The van der Waals surface area contributed by atoms with E-state index < -0.39 is 58.8 Å². The zero-order valence-corrected chi connectivity index (χ0v) is 28.8. The summed E-state index contributed by atoms with van der Waals surface area (Å²) >= 11 is 0. The van der Waals surface area contributed by atoms with E-state index in [-0.39, 0.29) is 12.8 Å². The van der Waals surface area contributed by atoms with Crippen LogP contribution in [0.3, 0.4) is 0 Å². The summed E-state index contributed by atoms with van der Waals surface area (Å²) in [4.78, 5) is 0. The summed E-state index contributed by atoms with van der Waals surface area (Å²) in [5.74, 6) is 0. The summed E-state index contributed by atoms with van der Waals surface area (Å²) in [5, 5.41) is 0. The van der Waals surface area contributed by atoms with Gasteiger partial charge in [0.05, 0.1) is 47.8 Å². The van der Waals surface area contributed by atoms with Gasteiger partial charge >= 0.3 is 34.9 Å². The van der Waals surface area contributed by atoms with Gasteiger partial charge in [-0.3, -0.25) is 4.48 Å². The van der Waals surface area contributed by atoms with Gasteiger partial charge in [0.15, 0.2) is 0 Å². The van der Waals surface area contributed by atoms with E-state index in [0.717, 1.165) is 14.1 Å². The van der Waals surface area contributed by atoms with Gasteiger partial charge in [0.1, 0.15) is 0 Å². The number of quaternary nitrogens is 2. The molecule has 6 nitrogen and oxygen atoms in total. The third-order valence-corrected chi connectivity index (χ3v) is 13.4. The van der Waals surface area contributed by atoms with E-state index in [9.17, 15) is 43.2 Å². The average Bonchev–Trinajstić information content (AvgIpc) is 2.84. The fourth-order valence-electron chi connectivity index (χ4n) is 5.10. The van der Waals surface area contributed by atoms with Crippen molar-refractivity contribution in [1.29, 1.82) is 0 Å². The number of unbranched alkanes of at least 4 members (excludes halogenated alkanes) is 9. The molecule has 0 N–H and O–H groups in total. The highest BCUT2D eigenvalue weighted by molar-refractivity contribution is 8.10. The first-order valence-electron chi connectivity index (χ1n) is 15.3. The molecule has 14 heteroatoms. The summed E-state index contributed by atoms with van der Waals surface area (Å²) in [6.07, 6.45) is 9.49. The Kier molecular flexibility index (Phi) is 19.1. The second-order valence-electron chi connectivity index (χ2n) is 12.3. The number of nitrogens with zero attached hydrogens (tertiary/aromatic N) is 2. The predicted molar refractivity (Wildman–Crippen MR) is 159 cm³/mol. The van der Waals surface area contributed by atoms with E-state index >= 15 is 0 Å². The van der Waals surface area contributed by atoms with Gasteiger partial charge in [-0.2, -0.15) is 26.3 Å². The third kappa shape index (κ3) is 12.1. The molecule has 0 unspecified atom stereocenters. The third-order valence-electron chi connectivity index (χ3n) is 7.77. The second-order valence-corrected chi connectivity index (χ2v) is 16.9. The molecule has 0 fully saturated rings. The second kappa shape index (κ2) is 18.4. The normalized spacial score (nSPS) is 14.0. The summed E-state index contributed by atoms with van der Waals surface area (Å²) in [6.45, 7) is 10.1. The number of hydrogen-bond donors (Lipinski definition) is 0. The fraction of sp³-hybridized carbons (Fsp3) is 1.00. The maximum atomic E-state index is 13.4. The number of halogens is 6. The number of hydrogen-bond acceptors (Lipinski definition) is 4. The first kappa shape index (κ1) is 43.5. The zero-order chi connectivity index (χ0) is 33.5. The van der Waals surface area contributed by atoms with Gasteiger partial charge in [0, 0.05) is 6.42 Å². The van der Waals surface area contributed by atoms with Crippen LogP contribution in [0.1, 0.15) is 118 Å². The molecule has 0 bridgehead atoms. The van der Waals surface area contributed by atoms with Crippen molar-refractivity contribution in [2.45, 2.75) is 133 Å². The highest BCUT2D eigenvalue weighted by Crippen LogP contribution is 2.50. The van der Waals surface area contributed by atoms with Crippen LogP contribution in [-0.2, 0) is 19.7 Å². The molecule has 0 aliphatic heterocycles. The number of sulfone groups is 2. The molecule has 0 saturated carbocycles. The van der Waals surface area contributed by atoms with Crippen molar-refractivity contribution in [3.63, 3.8) is 0 Å². The lowest BCUT2D eigenvalue weighted by Gasteiger charge is -2.46. The highest BCUT2D eigenvalue weighted by atomic mass is 32.3. The Labute approximate surface area is 252 Å². The van der Waals surface area contributed by atoms with E-state index in [1.807, 2.05) is 0 Å². The molecule has 0 saturated heterocycles. The lowest BCUT2D eigenvalue weighted by molar-refractivity contribution is -0.912. The lowest BCUT2D eigenvalue weighted by atomic mass is 10.1. The Morgan fingerprint density at radius 3 is 1.21 bits per heavy atom. The molecule has 0 atom stereocenters. The minimum atomic E-state index is -6.75.